The van der Waals surface area contributed by atoms with Crippen LogP contribution < -0.4 is 0 Å². The summed E-state index contributed by atoms with van der Waals surface area (Å²) in [6, 6.07) is 107. The van der Waals surface area contributed by atoms with Gasteiger partial charge in [0.1, 0.15) is 0 Å². The van der Waals surface area contributed by atoms with E-state index in [0.29, 0.717) is 34.9 Å². The average Bonchev–Trinajstić information content (AvgIpc) is 1.68. The van der Waals surface area contributed by atoms with Gasteiger partial charge in [0.2, 0.25) is 0 Å². The molecule has 8 heteroatoms. The third-order valence-corrected chi connectivity index (χ3v) is 23.4. The summed E-state index contributed by atoms with van der Waals surface area (Å²) in [6.07, 6.45) is 15.7. The summed E-state index contributed by atoms with van der Waals surface area (Å²) in [5.41, 5.74) is 16.4. The van der Waals surface area contributed by atoms with E-state index in [1.807, 2.05) is 0 Å². The molecule has 103 heavy (non-hydrogen) atoms. The van der Waals surface area contributed by atoms with Gasteiger partial charge in [0.05, 0.1) is 0 Å². The Balaban J connectivity index is 0.726. The van der Waals surface area contributed by atoms with Crippen molar-refractivity contribution >= 4 is 101 Å². The van der Waals surface area contributed by atoms with Crippen molar-refractivity contribution in [2.75, 3.05) is 0 Å². The number of hydrogen-bond donors (Lipinski definition) is 0. The lowest BCUT2D eigenvalue weighted by atomic mass is 9.65. The number of benzene rings is 14. The van der Waals surface area contributed by atoms with Crippen LogP contribution in [0.5, 0.6) is 0 Å². The molecule has 6 nitrogen and oxygen atoms in total. The molecule has 0 aliphatic heterocycles. The molecule has 0 amide bonds. The Hall–Kier alpha value is -12.7. The molecule has 4 heterocycles. The summed E-state index contributed by atoms with van der Waals surface area (Å²) >= 11 is 3.57. The highest BCUT2D eigenvalue weighted by atomic mass is 32.1. The minimum absolute atomic E-state index is 0.217. The monoisotopic (exact) mass is 1350 g/mol. The predicted octanol–water partition coefficient (Wildman–Crippen LogP) is 25.6. The summed E-state index contributed by atoms with van der Waals surface area (Å²) in [4.78, 5) is 33.4. The van der Waals surface area contributed by atoms with Crippen LogP contribution in [0.4, 0.5) is 0 Å². The summed E-state index contributed by atoms with van der Waals surface area (Å²) in [6.45, 7) is 2.34. The van der Waals surface area contributed by atoms with Crippen molar-refractivity contribution in [3.8, 4) is 113 Å². The topological polar surface area (TPSA) is 77.3 Å². The molecule has 4 aromatic heterocycles. The lowest BCUT2D eigenvalue weighted by molar-refractivity contribution is 0.471. The van der Waals surface area contributed by atoms with Gasteiger partial charge in [-0.05, 0) is 118 Å². The zero-order chi connectivity index (χ0) is 68.1. The molecule has 14 aromatic carbocycles. The number of thiophene rings is 2. The molecular formula is C95H60N6S2. The molecule has 2 aliphatic rings. The fourth-order valence-corrected chi connectivity index (χ4v) is 18.4. The van der Waals surface area contributed by atoms with Crippen molar-refractivity contribution in [3.05, 3.63) is 345 Å². The maximum Gasteiger partial charge on any atom is 0.165 e. The largest absolute Gasteiger partial charge is 0.208 e. The minimum atomic E-state index is -0.262. The van der Waals surface area contributed by atoms with Gasteiger partial charge in [-0.15, -0.1) is 22.7 Å². The number of fused-ring (bicyclic) bond motifs is 10. The fraction of sp³-hybridized carbons (Fsp3) is 0.0316. The second kappa shape index (κ2) is 24.6. The van der Waals surface area contributed by atoms with Crippen LogP contribution in [0.1, 0.15) is 12.5 Å². The first-order valence-corrected chi connectivity index (χ1v) is 36.6. The molecular weight excluding hydrogens is 1290 g/mol. The van der Waals surface area contributed by atoms with Gasteiger partial charge in [0, 0.05) is 85.1 Å². The molecule has 0 saturated carbocycles. The molecule has 0 fully saturated rings. The number of aromatic nitrogens is 6. The highest BCUT2D eigenvalue weighted by Crippen LogP contribution is 2.51. The maximum absolute atomic E-state index is 5.65. The summed E-state index contributed by atoms with van der Waals surface area (Å²) in [7, 11) is 0. The van der Waals surface area contributed by atoms with Gasteiger partial charge in [0.25, 0.3) is 0 Å². The van der Waals surface area contributed by atoms with Crippen LogP contribution in [0.3, 0.4) is 0 Å². The number of rotatable bonds is 11. The van der Waals surface area contributed by atoms with Crippen LogP contribution in [0.25, 0.3) is 191 Å². The van der Waals surface area contributed by atoms with Crippen LogP contribution in [-0.4, -0.2) is 29.9 Å². The van der Waals surface area contributed by atoms with Crippen molar-refractivity contribution in [2.45, 2.75) is 6.92 Å². The number of allylic oxidation sites excluding steroid dienone is 8. The molecule has 18 aromatic rings. The van der Waals surface area contributed by atoms with Crippen molar-refractivity contribution in [2.24, 2.45) is 11.3 Å². The van der Waals surface area contributed by atoms with E-state index in [-0.39, 0.29) is 11.3 Å². The van der Waals surface area contributed by atoms with Crippen molar-refractivity contribution < 1.29 is 0 Å². The third-order valence-electron chi connectivity index (χ3n) is 21.0. The zero-order valence-corrected chi connectivity index (χ0v) is 57.5. The molecule has 0 spiro atoms. The summed E-state index contributed by atoms with van der Waals surface area (Å²) in [5.74, 6) is 3.90. The molecule has 0 bridgehead atoms. The van der Waals surface area contributed by atoms with Crippen molar-refractivity contribution in [3.63, 3.8) is 0 Å². The van der Waals surface area contributed by atoms with Crippen molar-refractivity contribution in [1.82, 2.24) is 29.9 Å². The van der Waals surface area contributed by atoms with E-state index >= 15 is 0 Å². The molecule has 0 radical (unpaired) electrons. The maximum atomic E-state index is 5.65. The van der Waals surface area contributed by atoms with Gasteiger partial charge < -0.3 is 0 Å². The Labute approximate surface area is 603 Å². The van der Waals surface area contributed by atoms with Crippen LogP contribution in [0.15, 0.2) is 340 Å². The first-order valence-electron chi connectivity index (χ1n) is 34.9. The van der Waals surface area contributed by atoms with Gasteiger partial charge in [-0.3, -0.25) is 0 Å². The van der Waals surface area contributed by atoms with Gasteiger partial charge >= 0.3 is 0 Å². The Bertz CT molecular complexity index is 6670. The van der Waals surface area contributed by atoms with Crippen LogP contribution in [0, 0.1) is 11.3 Å². The Morgan fingerprint density at radius 2 is 0.718 bits per heavy atom. The highest BCUT2D eigenvalue weighted by Gasteiger charge is 2.37. The third kappa shape index (κ3) is 10.2. The quantitative estimate of drug-likeness (QED) is 0.128. The Kier molecular flexibility index (Phi) is 14.4. The summed E-state index contributed by atoms with van der Waals surface area (Å²) < 4.78 is 4.65. The molecule has 0 saturated heterocycles. The fourth-order valence-electron chi connectivity index (χ4n) is 15.9. The minimum Gasteiger partial charge on any atom is -0.208 e. The Morgan fingerprint density at radius 1 is 0.272 bits per heavy atom. The van der Waals surface area contributed by atoms with E-state index in [1.165, 1.54) is 36.5 Å². The summed E-state index contributed by atoms with van der Waals surface area (Å²) in [5, 5.41) is 11.5. The molecule has 2 aliphatic carbocycles. The second-order valence-electron chi connectivity index (χ2n) is 26.9. The van der Waals surface area contributed by atoms with E-state index in [1.54, 1.807) is 22.7 Å². The highest BCUT2D eigenvalue weighted by molar-refractivity contribution is 7.26. The average molecular weight is 1350 g/mol. The first-order chi connectivity index (χ1) is 50.9. The normalized spacial score (nSPS) is 14.9. The van der Waals surface area contributed by atoms with Gasteiger partial charge in [0.15, 0.2) is 34.9 Å². The molecule has 0 N–H and O–H groups in total. The van der Waals surface area contributed by atoms with Gasteiger partial charge in [-0.2, -0.15) is 0 Å². The standard InChI is InChI=1S/C95H60N6S2/c1-95-55-18-17-30-64(95)31-21-47-83(95)71-36-11-14-40-79(71)91-96-90(98-92(99-91)80-45-22-43-75-72-37-15-16-48-84(72)102-87(75)80)78-39-13-10-35-69(78)70-42-20-29-61-49-50-62(56-82(61)70)63-52-53-73-76-44-23-46-81(88(76)103-85(73)57-63)93-97-89(77-38-12-9-33-66(77)58-24-3-2-4-25-58)100-94(101-93)86-67-34-8-6-27-60(67)51-54-74(86)68-41-19-28-59-26-5-7-32-65(59)68/h2-57,64H,1H3. The smallest absolute Gasteiger partial charge is 0.165 e. The SMILES string of the molecule is CC12C=CC=CC1C=CC=C2c1ccccc1-c1nc(-c2ccccc2-c2cccc3ccc(-c4ccc5c(c4)sc4c(-c6nc(-c7ccccc7-c7ccccc7)nc(-c7c(-c8cccc9ccccc89)ccc8ccccc78)n6)cccc45)cc23)nc(-c2cccc3c2sc2ccccc23)n1. The molecule has 20 rings (SSSR count). The van der Waals surface area contributed by atoms with E-state index in [0.717, 1.165) is 125 Å². The van der Waals surface area contributed by atoms with E-state index < -0.39 is 0 Å². The van der Waals surface area contributed by atoms with E-state index in [9.17, 15) is 0 Å². The second-order valence-corrected chi connectivity index (χ2v) is 29.0. The number of hydrogen-bond acceptors (Lipinski definition) is 8. The lowest BCUT2D eigenvalue weighted by Gasteiger charge is -2.39. The Morgan fingerprint density at radius 3 is 1.43 bits per heavy atom. The molecule has 2 unspecified atom stereocenters. The van der Waals surface area contributed by atoms with Gasteiger partial charge in [-0.1, -0.05) is 316 Å². The van der Waals surface area contributed by atoms with Crippen LogP contribution in [-0.2, 0) is 0 Å². The number of nitrogens with zero attached hydrogens (tertiary/aromatic N) is 6. The molecule has 482 valence electrons. The van der Waals surface area contributed by atoms with Gasteiger partial charge in [-0.25, -0.2) is 29.9 Å². The van der Waals surface area contributed by atoms with E-state index in [4.69, 9.17) is 29.9 Å². The molecule has 2 atom stereocenters. The first kappa shape index (κ1) is 60.3. The predicted molar refractivity (Wildman–Crippen MR) is 433 cm³/mol. The van der Waals surface area contributed by atoms with Crippen LogP contribution in [0.2, 0.25) is 0 Å². The van der Waals surface area contributed by atoms with Crippen LogP contribution >= 0.6 is 22.7 Å². The zero-order valence-electron chi connectivity index (χ0n) is 55.9. The van der Waals surface area contributed by atoms with E-state index in [2.05, 4.69) is 347 Å². The van der Waals surface area contributed by atoms with Crippen molar-refractivity contribution in [1.29, 1.82) is 0 Å². The lowest BCUT2D eigenvalue weighted by Crippen LogP contribution is -2.27.